The molecule has 1 N–H and O–H groups in total. The zero-order chi connectivity index (χ0) is 22.4. The maximum Gasteiger partial charge on any atom is 0.296 e. The fraction of sp³-hybridized carbons (Fsp3) is 0.130. The van der Waals surface area contributed by atoms with E-state index in [1.54, 1.807) is 56.5 Å². The second-order valence-corrected chi connectivity index (χ2v) is 8.35. The number of aryl methyl sites for hydroxylation is 1. The summed E-state index contributed by atoms with van der Waals surface area (Å²) in [6.45, 7) is 1.76. The average Bonchev–Trinajstić information content (AvgIpc) is 3.50. The third-order valence-corrected chi connectivity index (χ3v) is 6.09. The molecule has 8 nitrogen and oxygen atoms in total. The Morgan fingerprint density at radius 1 is 1.16 bits per heavy atom. The fourth-order valence-electron chi connectivity index (χ4n) is 3.75. The molecule has 0 saturated heterocycles. The van der Waals surface area contributed by atoms with Crippen molar-refractivity contribution in [2.45, 2.75) is 13.0 Å². The van der Waals surface area contributed by atoms with Crippen molar-refractivity contribution in [3.05, 3.63) is 82.3 Å². The van der Waals surface area contributed by atoms with E-state index in [1.807, 2.05) is 12.1 Å². The Morgan fingerprint density at radius 2 is 1.91 bits per heavy atom. The minimum atomic E-state index is -0.901. The number of methoxy groups -OCH3 is 1. The van der Waals surface area contributed by atoms with Crippen molar-refractivity contribution < 1.29 is 23.8 Å². The lowest BCUT2D eigenvalue weighted by Crippen LogP contribution is -2.31. The van der Waals surface area contributed by atoms with Crippen molar-refractivity contribution in [3.63, 3.8) is 0 Å². The van der Waals surface area contributed by atoms with Gasteiger partial charge in [0.2, 0.25) is 10.9 Å². The summed E-state index contributed by atoms with van der Waals surface area (Å²) in [4.78, 5) is 27.9. The normalized spacial score (nSPS) is 16.2. The first-order valence-corrected chi connectivity index (χ1v) is 10.5. The van der Waals surface area contributed by atoms with Crippen molar-refractivity contribution in [2.24, 2.45) is 0 Å². The van der Waals surface area contributed by atoms with Crippen LogP contribution in [0.5, 0.6) is 5.75 Å². The minimum absolute atomic E-state index is 0.0364. The van der Waals surface area contributed by atoms with Gasteiger partial charge in [0, 0.05) is 5.39 Å². The summed E-state index contributed by atoms with van der Waals surface area (Å²) in [6.07, 6.45) is 0. The van der Waals surface area contributed by atoms with Gasteiger partial charge in [-0.05, 0) is 36.8 Å². The molecule has 0 unspecified atom stereocenters. The molecule has 0 aliphatic carbocycles. The lowest BCUT2D eigenvalue weighted by Gasteiger charge is -2.24. The van der Waals surface area contributed by atoms with Gasteiger partial charge in [0.1, 0.15) is 16.3 Å². The maximum atomic E-state index is 13.5. The van der Waals surface area contributed by atoms with Gasteiger partial charge < -0.3 is 14.3 Å². The van der Waals surface area contributed by atoms with Gasteiger partial charge in [-0.2, -0.15) is 0 Å². The topological polar surface area (TPSA) is 106 Å². The van der Waals surface area contributed by atoms with Crippen LogP contribution in [0, 0.1) is 6.92 Å². The van der Waals surface area contributed by atoms with Gasteiger partial charge in [-0.1, -0.05) is 41.7 Å². The molecule has 2 aromatic carbocycles. The van der Waals surface area contributed by atoms with Crippen molar-refractivity contribution in [1.82, 2.24) is 10.2 Å². The first-order chi connectivity index (χ1) is 15.5. The Morgan fingerprint density at radius 3 is 2.56 bits per heavy atom. The van der Waals surface area contributed by atoms with E-state index >= 15 is 0 Å². The zero-order valence-electron chi connectivity index (χ0n) is 17.1. The maximum absolute atomic E-state index is 13.5. The van der Waals surface area contributed by atoms with E-state index in [4.69, 9.17) is 9.15 Å². The molecule has 1 amide bonds. The van der Waals surface area contributed by atoms with Crippen LogP contribution in [0.1, 0.15) is 27.2 Å². The highest BCUT2D eigenvalue weighted by molar-refractivity contribution is 7.15. The molecule has 1 atom stereocenters. The van der Waals surface area contributed by atoms with Gasteiger partial charge in [-0.25, -0.2) is 0 Å². The summed E-state index contributed by atoms with van der Waals surface area (Å²) < 4.78 is 10.9. The number of aliphatic hydroxyl groups is 1. The highest BCUT2D eigenvalue weighted by atomic mass is 32.1. The third-order valence-electron chi connectivity index (χ3n) is 5.26. The number of rotatable bonds is 5. The van der Waals surface area contributed by atoms with Gasteiger partial charge >= 0.3 is 0 Å². The van der Waals surface area contributed by atoms with Crippen LogP contribution >= 0.6 is 11.3 Å². The summed E-state index contributed by atoms with van der Waals surface area (Å²) in [6, 6.07) is 14.8. The quantitative estimate of drug-likeness (QED) is 0.453. The van der Waals surface area contributed by atoms with Gasteiger partial charge in [0.05, 0.1) is 18.7 Å². The summed E-state index contributed by atoms with van der Waals surface area (Å²) in [5.74, 6) is -1.27. The van der Waals surface area contributed by atoms with Crippen molar-refractivity contribution in [1.29, 1.82) is 0 Å². The minimum Gasteiger partial charge on any atom is -0.503 e. The molecule has 1 aliphatic rings. The van der Waals surface area contributed by atoms with Crippen LogP contribution in [0.15, 0.2) is 70.3 Å². The van der Waals surface area contributed by atoms with Crippen LogP contribution in [0.2, 0.25) is 0 Å². The zero-order valence-corrected chi connectivity index (χ0v) is 17.9. The fourth-order valence-corrected chi connectivity index (χ4v) is 4.46. The molecule has 3 heterocycles. The molecule has 0 spiro atoms. The van der Waals surface area contributed by atoms with Crippen LogP contribution in [0.4, 0.5) is 5.13 Å². The highest BCUT2D eigenvalue weighted by Crippen LogP contribution is 2.43. The van der Waals surface area contributed by atoms with Crippen molar-refractivity contribution in [3.8, 4) is 5.75 Å². The van der Waals surface area contributed by atoms with E-state index in [1.165, 1.54) is 16.2 Å². The van der Waals surface area contributed by atoms with E-state index in [0.29, 0.717) is 21.9 Å². The molecule has 0 bridgehead atoms. The Labute approximate surface area is 186 Å². The number of aliphatic hydroxyl groups excluding tert-OH is 1. The van der Waals surface area contributed by atoms with Crippen molar-refractivity contribution in [2.75, 3.05) is 12.0 Å². The SMILES string of the molecule is COc1ccc([C@@H]2C(C(=O)c3cc4ccccc4o3)=C(O)C(=O)N2c2nnc(C)s2)cc1. The number of anilines is 1. The lowest BCUT2D eigenvalue weighted by molar-refractivity contribution is -0.117. The Kier molecular flexibility index (Phi) is 4.75. The number of nitrogens with zero attached hydrogens (tertiary/aromatic N) is 3. The average molecular weight is 447 g/mol. The van der Waals surface area contributed by atoms with E-state index in [2.05, 4.69) is 10.2 Å². The van der Waals surface area contributed by atoms with Crippen LogP contribution in [0.25, 0.3) is 11.0 Å². The predicted molar refractivity (Wildman–Crippen MR) is 118 cm³/mol. The number of para-hydroxylation sites is 1. The molecule has 32 heavy (non-hydrogen) atoms. The molecular formula is C23H17N3O5S. The smallest absolute Gasteiger partial charge is 0.296 e. The Bertz CT molecular complexity index is 1350. The molecule has 160 valence electrons. The molecule has 1 aliphatic heterocycles. The Hall–Kier alpha value is -3.98. The number of furan rings is 1. The largest absolute Gasteiger partial charge is 0.503 e. The molecule has 0 saturated carbocycles. The molecular weight excluding hydrogens is 430 g/mol. The number of aromatic nitrogens is 2. The summed E-state index contributed by atoms with van der Waals surface area (Å²) in [7, 11) is 1.55. The van der Waals surface area contributed by atoms with Gasteiger partial charge in [-0.3, -0.25) is 14.5 Å². The van der Waals surface area contributed by atoms with E-state index in [-0.39, 0.29) is 16.5 Å². The van der Waals surface area contributed by atoms with Gasteiger partial charge in [0.25, 0.3) is 5.91 Å². The summed E-state index contributed by atoms with van der Waals surface area (Å²) in [5, 5.41) is 20.5. The second-order valence-electron chi connectivity index (χ2n) is 7.19. The molecule has 2 aromatic heterocycles. The molecule has 4 aromatic rings. The number of hydrogen-bond acceptors (Lipinski definition) is 8. The van der Waals surface area contributed by atoms with Crippen LogP contribution in [0.3, 0.4) is 0 Å². The number of Topliss-reactive ketones (excluding diaryl/α,β-unsaturated/α-hetero) is 1. The highest BCUT2D eigenvalue weighted by Gasteiger charge is 2.46. The third kappa shape index (κ3) is 3.14. The first kappa shape index (κ1) is 20.0. The summed E-state index contributed by atoms with van der Waals surface area (Å²) >= 11 is 1.20. The standard InChI is InChI=1S/C23H17N3O5S/c1-12-24-25-23(32-12)26-19(13-7-9-15(30-2)10-8-13)18(21(28)22(26)29)20(27)17-11-14-5-3-4-6-16(14)31-17/h3-11,19,28H,1-2H3/t19-/m1/s1. The molecule has 0 fully saturated rings. The number of amides is 1. The number of fused-ring (bicyclic) bond motifs is 1. The predicted octanol–water partition coefficient (Wildman–Crippen LogP) is 4.38. The van der Waals surface area contributed by atoms with Gasteiger partial charge in [-0.15, -0.1) is 10.2 Å². The first-order valence-electron chi connectivity index (χ1n) is 9.72. The van der Waals surface area contributed by atoms with Crippen LogP contribution in [-0.2, 0) is 4.79 Å². The number of ketones is 1. The lowest BCUT2D eigenvalue weighted by atomic mass is 9.95. The molecule has 9 heteroatoms. The van der Waals surface area contributed by atoms with Crippen LogP contribution in [-0.4, -0.2) is 34.1 Å². The van der Waals surface area contributed by atoms with E-state index in [9.17, 15) is 14.7 Å². The van der Waals surface area contributed by atoms with Crippen molar-refractivity contribution >= 4 is 39.1 Å². The second kappa shape index (κ2) is 7.61. The van der Waals surface area contributed by atoms with E-state index in [0.717, 1.165) is 5.39 Å². The molecule has 0 radical (unpaired) electrons. The summed E-state index contributed by atoms with van der Waals surface area (Å²) in [5.41, 5.74) is 1.07. The number of hydrogen-bond donors (Lipinski definition) is 1. The van der Waals surface area contributed by atoms with Gasteiger partial charge in [0.15, 0.2) is 11.5 Å². The Balaban J connectivity index is 1.65. The van der Waals surface area contributed by atoms with E-state index < -0.39 is 23.5 Å². The monoisotopic (exact) mass is 447 g/mol. The molecule has 5 rings (SSSR count). The number of carbonyl (C=O) groups is 2. The van der Waals surface area contributed by atoms with Crippen LogP contribution < -0.4 is 9.64 Å². The number of benzene rings is 2. The number of carbonyl (C=O) groups excluding carboxylic acids is 2. The number of ether oxygens (including phenoxy) is 1.